The number of nitrogens with one attached hydrogen (secondary N) is 3. The third-order valence-electron chi connectivity index (χ3n) is 2.06. The zero-order valence-electron chi connectivity index (χ0n) is 9.58. The van der Waals surface area contributed by atoms with Crippen LogP contribution in [-0.4, -0.2) is 29.9 Å². The number of hydrogen-bond acceptors (Lipinski definition) is 3. The first kappa shape index (κ1) is 13.0. The molecule has 3 N–H and O–H groups in total. The first-order valence-corrected chi connectivity index (χ1v) is 5.31. The maximum Gasteiger partial charge on any atom is 0.252 e. The lowest BCUT2D eigenvalue weighted by Crippen LogP contribution is -2.29. The Morgan fingerprint density at radius 1 is 1.24 bits per heavy atom. The minimum Gasteiger partial charge on any atom is -0.356 e. The molecule has 6 nitrogen and oxygen atoms in total. The van der Waals surface area contributed by atoms with Gasteiger partial charge in [0.15, 0.2) is 0 Å². The minimum absolute atomic E-state index is 0.0861. The van der Waals surface area contributed by atoms with Crippen molar-refractivity contribution < 1.29 is 9.59 Å². The minimum atomic E-state index is -0.246. The van der Waals surface area contributed by atoms with Gasteiger partial charge in [-0.05, 0) is 12.5 Å². The molecular weight excluding hydrogens is 222 g/mol. The summed E-state index contributed by atoms with van der Waals surface area (Å²) in [6.45, 7) is 2.44. The van der Waals surface area contributed by atoms with Crippen LogP contribution in [0.15, 0.2) is 23.1 Å². The van der Waals surface area contributed by atoms with Crippen molar-refractivity contribution in [2.24, 2.45) is 0 Å². The summed E-state index contributed by atoms with van der Waals surface area (Å²) < 4.78 is 0. The number of H-pyrrole nitrogens is 1. The van der Waals surface area contributed by atoms with E-state index in [0.29, 0.717) is 25.1 Å². The number of aromatic nitrogens is 1. The lowest BCUT2D eigenvalue weighted by molar-refractivity contribution is -0.118. The Kier molecular flexibility index (Phi) is 4.93. The average Bonchev–Trinajstić information content (AvgIpc) is 2.29. The predicted molar refractivity (Wildman–Crippen MR) is 62.7 cm³/mol. The summed E-state index contributed by atoms with van der Waals surface area (Å²) in [5.74, 6) is -0.332. The van der Waals surface area contributed by atoms with Crippen LogP contribution in [0.5, 0.6) is 0 Å². The molecule has 0 saturated carbocycles. The first-order valence-electron chi connectivity index (χ1n) is 5.31. The van der Waals surface area contributed by atoms with E-state index in [2.05, 4.69) is 15.6 Å². The fourth-order valence-electron chi connectivity index (χ4n) is 1.21. The molecule has 1 rings (SSSR count). The van der Waals surface area contributed by atoms with Crippen molar-refractivity contribution in [3.8, 4) is 0 Å². The van der Waals surface area contributed by atoms with Crippen molar-refractivity contribution in [2.45, 2.75) is 13.3 Å². The van der Waals surface area contributed by atoms with Gasteiger partial charge in [-0.1, -0.05) is 0 Å². The summed E-state index contributed by atoms with van der Waals surface area (Å²) in [4.78, 5) is 35.3. The number of carbonyl (C=O) groups excluding carboxylic acids is 2. The molecule has 0 radical (unpaired) electrons. The largest absolute Gasteiger partial charge is 0.356 e. The summed E-state index contributed by atoms with van der Waals surface area (Å²) in [5.41, 5.74) is 0.163. The standard InChI is InChI=1S/C11H15N3O3/c1-8(15)12-5-2-6-13-11(17)9-3-4-10(16)14-7-9/h3-4,7H,2,5-6H2,1H3,(H,12,15)(H,13,17)(H,14,16). The molecule has 0 spiro atoms. The monoisotopic (exact) mass is 237 g/mol. The molecule has 0 atom stereocenters. The van der Waals surface area contributed by atoms with E-state index in [9.17, 15) is 14.4 Å². The predicted octanol–water partition coefficient (Wildman–Crippen LogP) is -0.369. The fourth-order valence-corrected chi connectivity index (χ4v) is 1.21. The van der Waals surface area contributed by atoms with E-state index in [1.807, 2.05) is 0 Å². The SMILES string of the molecule is CC(=O)NCCCNC(=O)c1ccc(=O)[nH]c1. The van der Waals surface area contributed by atoms with Gasteiger partial charge >= 0.3 is 0 Å². The summed E-state index contributed by atoms with van der Waals surface area (Å²) in [6.07, 6.45) is 2.03. The molecule has 0 aliphatic heterocycles. The summed E-state index contributed by atoms with van der Waals surface area (Å²) >= 11 is 0. The van der Waals surface area contributed by atoms with Crippen LogP contribution in [0.4, 0.5) is 0 Å². The fraction of sp³-hybridized carbons (Fsp3) is 0.364. The Hall–Kier alpha value is -2.11. The summed E-state index contributed by atoms with van der Waals surface area (Å²) in [6, 6.07) is 2.76. The first-order chi connectivity index (χ1) is 8.09. The lowest BCUT2D eigenvalue weighted by Gasteiger charge is -2.05. The van der Waals surface area contributed by atoms with Crippen molar-refractivity contribution in [3.05, 3.63) is 34.2 Å². The number of pyridine rings is 1. The van der Waals surface area contributed by atoms with Gasteiger partial charge in [-0.25, -0.2) is 0 Å². The molecule has 0 unspecified atom stereocenters. The lowest BCUT2D eigenvalue weighted by atomic mass is 10.2. The van der Waals surface area contributed by atoms with E-state index in [4.69, 9.17) is 0 Å². The second-order valence-corrected chi connectivity index (χ2v) is 3.53. The van der Waals surface area contributed by atoms with Crippen LogP contribution in [0.25, 0.3) is 0 Å². The molecule has 17 heavy (non-hydrogen) atoms. The number of hydrogen-bond donors (Lipinski definition) is 3. The van der Waals surface area contributed by atoms with Gasteiger partial charge in [0.05, 0.1) is 5.56 Å². The highest BCUT2D eigenvalue weighted by Crippen LogP contribution is 1.92. The highest BCUT2D eigenvalue weighted by atomic mass is 16.2. The van der Waals surface area contributed by atoms with Gasteiger partial charge in [0.1, 0.15) is 0 Å². The zero-order valence-corrected chi connectivity index (χ0v) is 9.58. The van der Waals surface area contributed by atoms with Crippen molar-refractivity contribution in [1.29, 1.82) is 0 Å². The second kappa shape index (κ2) is 6.47. The summed E-state index contributed by atoms with van der Waals surface area (Å²) in [5, 5.41) is 5.31. The van der Waals surface area contributed by atoms with Crippen LogP contribution in [-0.2, 0) is 4.79 Å². The Morgan fingerprint density at radius 2 is 1.94 bits per heavy atom. The van der Waals surface area contributed by atoms with Crippen LogP contribution < -0.4 is 16.2 Å². The molecular formula is C11H15N3O3. The Bertz CT molecular complexity index is 433. The Morgan fingerprint density at radius 3 is 2.53 bits per heavy atom. The second-order valence-electron chi connectivity index (χ2n) is 3.53. The number of rotatable bonds is 5. The third kappa shape index (κ3) is 4.96. The van der Waals surface area contributed by atoms with Gasteiger partial charge in [-0.2, -0.15) is 0 Å². The van der Waals surface area contributed by atoms with Gasteiger partial charge in [-0.15, -0.1) is 0 Å². The summed E-state index contributed by atoms with van der Waals surface area (Å²) in [7, 11) is 0. The van der Waals surface area contributed by atoms with Gasteiger partial charge in [-0.3, -0.25) is 14.4 Å². The maximum atomic E-state index is 11.5. The Balaban J connectivity index is 2.28. The number of amides is 2. The van der Waals surface area contributed by atoms with Crippen LogP contribution >= 0.6 is 0 Å². The quantitative estimate of drug-likeness (QED) is 0.610. The topological polar surface area (TPSA) is 91.1 Å². The van der Waals surface area contributed by atoms with E-state index in [1.54, 1.807) is 0 Å². The van der Waals surface area contributed by atoms with Crippen LogP contribution in [0, 0.1) is 0 Å². The molecule has 6 heteroatoms. The zero-order chi connectivity index (χ0) is 12.7. The molecule has 0 bridgehead atoms. The Labute approximate surface area is 98.4 Å². The van der Waals surface area contributed by atoms with E-state index < -0.39 is 0 Å². The van der Waals surface area contributed by atoms with Crippen molar-refractivity contribution in [2.75, 3.05) is 13.1 Å². The smallest absolute Gasteiger partial charge is 0.252 e. The van der Waals surface area contributed by atoms with Crippen LogP contribution in [0.2, 0.25) is 0 Å². The highest BCUT2D eigenvalue weighted by Gasteiger charge is 2.03. The van der Waals surface area contributed by atoms with Gasteiger partial charge in [0.2, 0.25) is 11.5 Å². The van der Waals surface area contributed by atoms with E-state index in [-0.39, 0.29) is 17.4 Å². The van der Waals surface area contributed by atoms with Crippen molar-refractivity contribution in [1.82, 2.24) is 15.6 Å². The number of carbonyl (C=O) groups is 2. The maximum absolute atomic E-state index is 11.5. The molecule has 92 valence electrons. The van der Waals surface area contributed by atoms with Crippen LogP contribution in [0.1, 0.15) is 23.7 Å². The van der Waals surface area contributed by atoms with Gasteiger partial charge in [0.25, 0.3) is 5.91 Å². The normalized spacial score (nSPS) is 9.71. The van der Waals surface area contributed by atoms with Gasteiger partial charge in [0, 0.05) is 32.3 Å². The molecule has 0 aliphatic carbocycles. The molecule has 1 aromatic rings. The molecule has 0 aromatic carbocycles. The molecule has 1 heterocycles. The molecule has 1 aromatic heterocycles. The van der Waals surface area contributed by atoms with E-state index in [1.165, 1.54) is 25.3 Å². The third-order valence-corrected chi connectivity index (χ3v) is 2.06. The molecule has 0 aliphatic rings. The van der Waals surface area contributed by atoms with Crippen LogP contribution in [0.3, 0.4) is 0 Å². The van der Waals surface area contributed by atoms with Crippen molar-refractivity contribution in [3.63, 3.8) is 0 Å². The molecule has 0 fully saturated rings. The van der Waals surface area contributed by atoms with Crippen molar-refractivity contribution >= 4 is 11.8 Å². The average molecular weight is 237 g/mol. The molecule has 0 saturated heterocycles. The van der Waals surface area contributed by atoms with Gasteiger partial charge < -0.3 is 15.6 Å². The number of aromatic amines is 1. The highest BCUT2D eigenvalue weighted by molar-refractivity contribution is 5.93. The van der Waals surface area contributed by atoms with E-state index in [0.717, 1.165) is 0 Å². The van der Waals surface area contributed by atoms with E-state index >= 15 is 0 Å². The molecule has 2 amide bonds.